The zero-order valence-electron chi connectivity index (χ0n) is 19.8. The van der Waals surface area contributed by atoms with Crippen molar-refractivity contribution in [2.24, 2.45) is 0 Å². The van der Waals surface area contributed by atoms with Crippen molar-refractivity contribution in [3.05, 3.63) is 46.5 Å². The van der Waals surface area contributed by atoms with E-state index in [2.05, 4.69) is 33.0 Å². The van der Waals surface area contributed by atoms with Crippen LogP contribution in [0.2, 0.25) is 0 Å². The zero-order valence-corrected chi connectivity index (χ0v) is 19.8. The molecule has 5 rings (SSSR count). The van der Waals surface area contributed by atoms with Gasteiger partial charge in [0, 0.05) is 38.5 Å². The first-order valence-electron chi connectivity index (χ1n) is 11.8. The molecule has 10 heteroatoms. The number of hydrogen-bond acceptors (Lipinski definition) is 7. The minimum Gasteiger partial charge on any atom is -0.379 e. The second-order valence-electron chi connectivity index (χ2n) is 9.46. The molecular formula is C24H31N7O3. The molecule has 2 saturated carbocycles. The van der Waals surface area contributed by atoms with E-state index in [1.165, 1.54) is 6.20 Å². The lowest BCUT2D eigenvalue weighted by Gasteiger charge is -2.36. The van der Waals surface area contributed by atoms with Gasteiger partial charge in [-0.3, -0.25) is 9.59 Å². The topological polar surface area (TPSA) is 115 Å². The van der Waals surface area contributed by atoms with E-state index in [1.807, 2.05) is 16.8 Å². The maximum Gasteiger partial charge on any atom is 0.274 e. The van der Waals surface area contributed by atoms with Gasteiger partial charge in [0.2, 0.25) is 0 Å². The molecule has 0 radical (unpaired) electrons. The number of anilines is 3. The number of aromatic nitrogens is 4. The number of fused-ring (bicyclic) bond motifs is 1. The second-order valence-corrected chi connectivity index (χ2v) is 9.46. The molecule has 2 aliphatic rings. The average Bonchev–Trinajstić information content (AvgIpc) is 3.55. The lowest BCUT2D eigenvalue weighted by molar-refractivity contribution is -0.0324. The molecule has 10 nitrogen and oxygen atoms in total. The predicted octanol–water partition coefficient (Wildman–Crippen LogP) is 3.09. The summed E-state index contributed by atoms with van der Waals surface area (Å²) in [4.78, 5) is 30.6. The minimum absolute atomic E-state index is 0.0959. The van der Waals surface area contributed by atoms with Crippen molar-refractivity contribution in [1.82, 2.24) is 24.5 Å². The first-order chi connectivity index (χ1) is 16.4. The third-order valence-electron chi connectivity index (χ3n) is 7.02. The fraction of sp³-hybridized carbons (Fsp3) is 0.500. The number of carbonyl (C=O) groups is 1. The molecule has 2 fully saturated rings. The van der Waals surface area contributed by atoms with Crippen LogP contribution in [-0.2, 0) is 4.74 Å². The molecular weight excluding hydrogens is 434 g/mol. The normalized spacial score (nSPS) is 22.5. The van der Waals surface area contributed by atoms with Crippen molar-refractivity contribution in [3.63, 3.8) is 0 Å². The Labute approximate surface area is 197 Å². The maximum absolute atomic E-state index is 13.3. The lowest BCUT2D eigenvalue weighted by atomic mass is 9.83. The molecule has 3 N–H and O–H groups in total. The maximum atomic E-state index is 13.3. The number of methoxy groups -OCH3 is 1. The molecule has 180 valence electrons. The van der Waals surface area contributed by atoms with E-state index in [-0.39, 0.29) is 29.2 Å². The molecule has 0 saturated heterocycles. The van der Waals surface area contributed by atoms with Gasteiger partial charge in [0.25, 0.3) is 11.5 Å². The molecule has 0 aromatic carbocycles. The van der Waals surface area contributed by atoms with Crippen molar-refractivity contribution in [2.75, 3.05) is 24.8 Å². The smallest absolute Gasteiger partial charge is 0.274 e. The highest BCUT2D eigenvalue weighted by molar-refractivity contribution is 6.00. The van der Waals surface area contributed by atoms with E-state index in [1.54, 1.807) is 30.8 Å². The van der Waals surface area contributed by atoms with Crippen molar-refractivity contribution >= 4 is 28.9 Å². The Morgan fingerprint density at radius 2 is 2.00 bits per heavy atom. The first kappa shape index (κ1) is 22.4. The van der Waals surface area contributed by atoms with Crippen molar-refractivity contribution in [3.8, 4) is 0 Å². The van der Waals surface area contributed by atoms with Crippen LogP contribution >= 0.6 is 0 Å². The van der Waals surface area contributed by atoms with Crippen molar-refractivity contribution < 1.29 is 9.53 Å². The van der Waals surface area contributed by atoms with Crippen LogP contribution in [0.3, 0.4) is 0 Å². The number of nitrogens with one attached hydrogen (secondary N) is 3. The molecule has 3 aromatic rings. The number of pyridine rings is 1. The molecule has 0 unspecified atom stereocenters. The van der Waals surface area contributed by atoms with E-state index < -0.39 is 0 Å². The van der Waals surface area contributed by atoms with Gasteiger partial charge in [0.15, 0.2) is 5.65 Å². The standard InChI is InChI=1S/C24H31N7O3/c1-24(34-3)10-8-16(9-11-24)30-12-4-5-18(23(30)33)28-19-13-20(25-2)31-21(29-19)17(14-26-31)22(32)27-15-6-7-15/h4-5,12-16,25H,6-11H2,1-3H3,(H,27,32)(H,28,29)/t16-,24+. The third kappa shape index (κ3) is 4.25. The number of hydrogen-bond donors (Lipinski definition) is 3. The Morgan fingerprint density at radius 3 is 2.68 bits per heavy atom. The number of carbonyl (C=O) groups excluding carboxylic acids is 1. The van der Waals surface area contributed by atoms with Gasteiger partial charge >= 0.3 is 0 Å². The van der Waals surface area contributed by atoms with Gasteiger partial charge in [0.1, 0.15) is 22.9 Å². The molecule has 3 heterocycles. The van der Waals surface area contributed by atoms with Gasteiger partial charge in [-0.1, -0.05) is 0 Å². The largest absolute Gasteiger partial charge is 0.379 e. The molecule has 34 heavy (non-hydrogen) atoms. The summed E-state index contributed by atoms with van der Waals surface area (Å²) in [6, 6.07) is 5.76. The summed E-state index contributed by atoms with van der Waals surface area (Å²) in [7, 11) is 3.53. The van der Waals surface area contributed by atoms with Gasteiger partial charge in [-0.2, -0.15) is 9.61 Å². The Balaban J connectivity index is 1.43. The van der Waals surface area contributed by atoms with Gasteiger partial charge in [-0.05, 0) is 57.6 Å². The molecule has 3 aromatic heterocycles. The van der Waals surface area contributed by atoms with Crippen LogP contribution in [0.15, 0.2) is 35.4 Å². The Hall–Kier alpha value is -3.40. The van der Waals surface area contributed by atoms with Crippen LogP contribution in [0.25, 0.3) is 5.65 Å². The van der Waals surface area contributed by atoms with Crippen LogP contribution < -0.4 is 21.5 Å². The van der Waals surface area contributed by atoms with E-state index in [0.29, 0.717) is 28.5 Å². The predicted molar refractivity (Wildman–Crippen MR) is 130 cm³/mol. The first-order valence-corrected chi connectivity index (χ1v) is 11.8. The quantitative estimate of drug-likeness (QED) is 0.491. The van der Waals surface area contributed by atoms with Gasteiger partial charge in [-0.15, -0.1) is 0 Å². The van der Waals surface area contributed by atoms with Crippen LogP contribution in [0.5, 0.6) is 0 Å². The van der Waals surface area contributed by atoms with Crippen molar-refractivity contribution in [2.45, 2.75) is 63.1 Å². The highest BCUT2D eigenvalue weighted by Gasteiger charge is 2.32. The van der Waals surface area contributed by atoms with Crippen molar-refractivity contribution in [1.29, 1.82) is 0 Å². The summed E-state index contributed by atoms with van der Waals surface area (Å²) < 4.78 is 9.04. The minimum atomic E-state index is -0.188. The molecule has 0 aliphatic heterocycles. The third-order valence-corrected chi connectivity index (χ3v) is 7.02. The summed E-state index contributed by atoms with van der Waals surface area (Å²) in [5.41, 5.74) is 1.05. The van der Waals surface area contributed by atoms with E-state index in [0.717, 1.165) is 38.5 Å². The SMILES string of the molecule is CNc1cc(Nc2cccn([C@H]3CC[C@@](C)(OC)CC3)c2=O)nc2c(C(=O)NC3CC3)cnn12. The van der Waals surface area contributed by atoms with Gasteiger partial charge in [0.05, 0.1) is 11.8 Å². The van der Waals surface area contributed by atoms with Gasteiger partial charge in [-0.25, -0.2) is 4.98 Å². The zero-order chi connectivity index (χ0) is 23.9. The van der Waals surface area contributed by atoms with E-state index in [9.17, 15) is 9.59 Å². The van der Waals surface area contributed by atoms with Crippen LogP contribution in [-0.4, -0.2) is 50.9 Å². The summed E-state index contributed by atoms with van der Waals surface area (Å²) in [6.45, 7) is 2.13. The summed E-state index contributed by atoms with van der Waals surface area (Å²) >= 11 is 0. The molecule has 0 atom stereocenters. The molecule has 0 spiro atoms. The number of ether oxygens (including phenoxy) is 1. The fourth-order valence-corrected chi connectivity index (χ4v) is 4.58. The molecule has 2 aliphatic carbocycles. The number of nitrogens with zero attached hydrogens (tertiary/aromatic N) is 4. The molecule has 1 amide bonds. The summed E-state index contributed by atoms with van der Waals surface area (Å²) in [6.07, 6.45) is 8.97. The second kappa shape index (κ2) is 8.75. The van der Waals surface area contributed by atoms with E-state index >= 15 is 0 Å². The Morgan fingerprint density at radius 1 is 1.24 bits per heavy atom. The fourth-order valence-electron chi connectivity index (χ4n) is 4.58. The monoisotopic (exact) mass is 465 g/mol. The van der Waals surface area contributed by atoms with Crippen LogP contribution in [0.1, 0.15) is 61.8 Å². The number of rotatable bonds is 7. The number of amides is 1. The van der Waals surface area contributed by atoms with Crippen LogP contribution in [0, 0.1) is 0 Å². The Bertz CT molecular complexity index is 1270. The van der Waals surface area contributed by atoms with Crippen LogP contribution in [0.4, 0.5) is 17.3 Å². The highest BCUT2D eigenvalue weighted by Crippen LogP contribution is 2.36. The van der Waals surface area contributed by atoms with E-state index in [4.69, 9.17) is 4.74 Å². The average molecular weight is 466 g/mol. The van der Waals surface area contributed by atoms with Gasteiger partial charge < -0.3 is 25.3 Å². The Kier molecular flexibility index (Phi) is 5.76. The summed E-state index contributed by atoms with van der Waals surface area (Å²) in [5.74, 6) is 0.926. The lowest BCUT2D eigenvalue weighted by Crippen LogP contribution is -2.36. The summed E-state index contributed by atoms with van der Waals surface area (Å²) in [5, 5.41) is 13.6. The highest BCUT2D eigenvalue weighted by atomic mass is 16.5. The molecule has 0 bridgehead atoms.